The van der Waals surface area contributed by atoms with E-state index < -0.39 is 23.5 Å². The Hall–Kier alpha value is -1.79. The first-order valence-corrected chi connectivity index (χ1v) is 7.00. The summed E-state index contributed by atoms with van der Waals surface area (Å²) in [4.78, 5) is 34.6. The second kappa shape index (κ2) is 7.12. The van der Waals surface area contributed by atoms with E-state index in [2.05, 4.69) is 16.0 Å². The van der Waals surface area contributed by atoms with Crippen molar-refractivity contribution in [2.75, 3.05) is 13.1 Å². The zero-order valence-electron chi connectivity index (χ0n) is 12.0. The first kappa shape index (κ1) is 16.3. The number of hydrogen-bond acceptors (Lipinski definition) is 3. The predicted molar refractivity (Wildman–Crippen MR) is 73.2 cm³/mol. The molecule has 1 heterocycles. The van der Waals surface area contributed by atoms with E-state index in [9.17, 15) is 19.5 Å². The molecule has 0 aliphatic carbocycles. The SMILES string of the molecule is CCC(CC)(CNC(=O)NC1CCCNC1=O)C(=O)O. The van der Waals surface area contributed by atoms with E-state index in [1.165, 1.54) is 0 Å². The number of carbonyl (C=O) groups excluding carboxylic acids is 2. The molecule has 1 fully saturated rings. The van der Waals surface area contributed by atoms with Gasteiger partial charge in [-0.05, 0) is 25.7 Å². The molecule has 3 amide bonds. The van der Waals surface area contributed by atoms with Crippen LogP contribution in [0.15, 0.2) is 0 Å². The third-order valence-corrected chi connectivity index (χ3v) is 3.99. The van der Waals surface area contributed by atoms with Crippen LogP contribution in [-0.2, 0) is 9.59 Å². The van der Waals surface area contributed by atoms with Crippen LogP contribution in [0.2, 0.25) is 0 Å². The molecule has 7 nitrogen and oxygen atoms in total. The van der Waals surface area contributed by atoms with Crippen LogP contribution in [0.1, 0.15) is 39.5 Å². The van der Waals surface area contributed by atoms with E-state index >= 15 is 0 Å². The second-order valence-electron chi connectivity index (χ2n) is 5.11. The van der Waals surface area contributed by atoms with Crippen LogP contribution in [0.3, 0.4) is 0 Å². The number of carbonyl (C=O) groups is 3. The maximum absolute atomic E-state index is 11.8. The minimum atomic E-state index is -0.952. The van der Waals surface area contributed by atoms with Gasteiger partial charge < -0.3 is 21.1 Å². The minimum absolute atomic E-state index is 0.0511. The highest BCUT2D eigenvalue weighted by molar-refractivity contribution is 5.87. The van der Waals surface area contributed by atoms with Gasteiger partial charge in [-0.3, -0.25) is 9.59 Å². The van der Waals surface area contributed by atoms with E-state index in [0.717, 1.165) is 6.42 Å². The first-order valence-electron chi connectivity index (χ1n) is 7.00. The molecule has 1 unspecified atom stereocenters. The summed E-state index contributed by atoms with van der Waals surface area (Å²) in [5, 5.41) is 17.1. The average molecular weight is 285 g/mol. The Morgan fingerprint density at radius 1 is 1.40 bits per heavy atom. The Kier molecular flexibility index (Phi) is 5.79. The Bertz CT molecular complexity index is 380. The van der Waals surface area contributed by atoms with Crippen molar-refractivity contribution in [1.29, 1.82) is 0 Å². The van der Waals surface area contributed by atoms with Crippen molar-refractivity contribution < 1.29 is 19.5 Å². The van der Waals surface area contributed by atoms with Crippen LogP contribution in [-0.4, -0.2) is 42.1 Å². The number of carboxylic acids is 1. The molecule has 7 heteroatoms. The van der Waals surface area contributed by atoms with Crippen LogP contribution >= 0.6 is 0 Å². The summed E-state index contributed by atoms with van der Waals surface area (Å²) < 4.78 is 0. The van der Waals surface area contributed by atoms with Gasteiger partial charge in [0.1, 0.15) is 6.04 Å². The lowest BCUT2D eigenvalue weighted by atomic mass is 9.82. The Balaban J connectivity index is 2.49. The van der Waals surface area contributed by atoms with Gasteiger partial charge >= 0.3 is 12.0 Å². The molecular formula is C13H23N3O4. The number of carboxylic acid groups (broad SMARTS) is 1. The standard InChI is InChI=1S/C13H23N3O4/c1-3-13(4-2,11(18)19)8-15-12(20)16-9-6-5-7-14-10(9)17/h9H,3-8H2,1-2H3,(H,14,17)(H,18,19)(H2,15,16,20). The van der Waals surface area contributed by atoms with Crippen LogP contribution < -0.4 is 16.0 Å². The zero-order chi connectivity index (χ0) is 15.2. The van der Waals surface area contributed by atoms with Crippen molar-refractivity contribution in [3.8, 4) is 0 Å². The van der Waals surface area contributed by atoms with Gasteiger partial charge in [0.25, 0.3) is 0 Å². The molecule has 0 aromatic rings. The Morgan fingerprint density at radius 3 is 2.55 bits per heavy atom. The molecule has 0 spiro atoms. The summed E-state index contributed by atoms with van der Waals surface area (Å²) >= 11 is 0. The highest BCUT2D eigenvalue weighted by Gasteiger charge is 2.35. The van der Waals surface area contributed by atoms with E-state index in [1.54, 1.807) is 13.8 Å². The summed E-state index contributed by atoms with van der Waals surface area (Å²) in [5.74, 6) is -1.11. The fraction of sp³-hybridized carbons (Fsp3) is 0.769. The van der Waals surface area contributed by atoms with Gasteiger partial charge in [0.05, 0.1) is 5.41 Å². The van der Waals surface area contributed by atoms with E-state index in [1.807, 2.05) is 0 Å². The number of piperidine rings is 1. The first-order chi connectivity index (χ1) is 9.45. The fourth-order valence-corrected chi connectivity index (χ4v) is 2.25. The molecule has 1 rings (SSSR count). The van der Waals surface area contributed by atoms with E-state index in [4.69, 9.17) is 0 Å². The number of nitrogens with one attached hydrogen (secondary N) is 3. The van der Waals surface area contributed by atoms with Crippen LogP contribution in [0.4, 0.5) is 4.79 Å². The summed E-state index contributed by atoms with van der Waals surface area (Å²) in [7, 11) is 0. The molecule has 0 saturated carbocycles. The molecule has 1 aliphatic heterocycles. The van der Waals surface area contributed by atoms with E-state index in [0.29, 0.717) is 25.8 Å². The van der Waals surface area contributed by atoms with Crippen LogP contribution in [0.5, 0.6) is 0 Å². The molecular weight excluding hydrogens is 262 g/mol. The molecule has 1 atom stereocenters. The molecule has 1 aliphatic rings. The van der Waals surface area contributed by atoms with Gasteiger partial charge in [0.15, 0.2) is 0 Å². The topological polar surface area (TPSA) is 108 Å². The normalized spacial score (nSPS) is 19.1. The van der Waals surface area contributed by atoms with Crippen LogP contribution in [0, 0.1) is 5.41 Å². The third-order valence-electron chi connectivity index (χ3n) is 3.99. The van der Waals surface area contributed by atoms with Gasteiger partial charge in [-0.15, -0.1) is 0 Å². The largest absolute Gasteiger partial charge is 0.481 e. The third kappa shape index (κ3) is 3.85. The molecule has 114 valence electrons. The van der Waals surface area contributed by atoms with Crippen molar-refractivity contribution in [3.63, 3.8) is 0 Å². The van der Waals surface area contributed by atoms with Gasteiger partial charge in [0.2, 0.25) is 5.91 Å². The molecule has 4 N–H and O–H groups in total. The summed E-state index contributed by atoms with van der Waals surface area (Å²) in [6.07, 6.45) is 2.29. The summed E-state index contributed by atoms with van der Waals surface area (Å²) in [6.45, 7) is 4.25. The molecule has 1 saturated heterocycles. The maximum atomic E-state index is 11.8. The fourth-order valence-electron chi connectivity index (χ4n) is 2.25. The Morgan fingerprint density at radius 2 is 2.05 bits per heavy atom. The van der Waals surface area contributed by atoms with Crippen LogP contribution in [0.25, 0.3) is 0 Å². The highest BCUT2D eigenvalue weighted by atomic mass is 16.4. The van der Waals surface area contributed by atoms with Gasteiger partial charge in [-0.2, -0.15) is 0 Å². The molecule has 20 heavy (non-hydrogen) atoms. The average Bonchev–Trinajstić information content (AvgIpc) is 2.43. The van der Waals surface area contributed by atoms with Gasteiger partial charge in [0, 0.05) is 13.1 Å². The summed E-state index contributed by atoms with van der Waals surface area (Å²) in [5.41, 5.74) is -0.952. The Labute approximate surface area is 118 Å². The van der Waals surface area contributed by atoms with E-state index in [-0.39, 0.29) is 12.5 Å². The lowest BCUT2D eigenvalue weighted by Crippen LogP contribution is -2.54. The highest BCUT2D eigenvalue weighted by Crippen LogP contribution is 2.25. The number of aliphatic carboxylic acids is 1. The minimum Gasteiger partial charge on any atom is -0.481 e. The van der Waals surface area contributed by atoms with Gasteiger partial charge in [-0.25, -0.2) is 4.79 Å². The van der Waals surface area contributed by atoms with Crippen molar-refractivity contribution in [2.45, 2.75) is 45.6 Å². The number of rotatable bonds is 6. The smallest absolute Gasteiger partial charge is 0.315 e. The number of hydrogen-bond donors (Lipinski definition) is 4. The van der Waals surface area contributed by atoms with Crippen molar-refractivity contribution in [2.24, 2.45) is 5.41 Å². The number of amides is 3. The van der Waals surface area contributed by atoms with Gasteiger partial charge in [-0.1, -0.05) is 13.8 Å². The monoisotopic (exact) mass is 285 g/mol. The second-order valence-corrected chi connectivity index (χ2v) is 5.11. The lowest BCUT2D eigenvalue weighted by molar-refractivity contribution is -0.149. The quantitative estimate of drug-likeness (QED) is 0.568. The zero-order valence-corrected chi connectivity index (χ0v) is 12.0. The van der Waals surface area contributed by atoms with Crippen molar-refractivity contribution in [3.05, 3.63) is 0 Å². The van der Waals surface area contributed by atoms with Crippen molar-refractivity contribution >= 4 is 17.9 Å². The molecule has 0 aromatic heterocycles. The van der Waals surface area contributed by atoms with Crippen molar-refractivity contribution in [1.82, 2.24) is 16.0 Å². The molecule has 0 bridgehead atoms. The number of urea groups is 1. The molecule has 0 aromatic carbocycles. The maximum Gasteiger partial charge on any atom is 0.315 e. The molecule has 0 radical (unpaired) electrons. The predicted octanol–water partition coefficient (Wildman–Crippen LogP) is 0.455. The lowest BCUT2D eigenvalue weighted by Gasteiger charge is -2.28. The summed E-state index contributed by atoms with van der Waals surface area (Å²) in [6, 6.07) is -1.04.